The lowest BCUT2D eigenvalue weighted by Gasteiger charge is -2.04. The number of anilines is 1. The summed E-state index contributed by atoms with van der Waals surface area (Å²) in [6, 6.07) is 9.70. The fourth-order valence-electron chi connectivity index (χ4n) is 2.31. The largest absolute Gasteiger partial charge is 0.497 e. The molecule has 3 aromatic rings. The third-order valence-electron chi connectivity index (χ3n) is 3.35. The number of hydrogen-bond donors (Lipinski definition) is 1. The van der Waals surface area contributed by atoms with Crippen LogP contribution in [0.3, 0.4) is 0 Å². The maximum atomic E-state index is 5.81. The van der Waals surface area contributed by atoms with E-state index in [0.717, 1.165) is 22.3 Å². The third-order valence-corrected chi connectivity index (χ3v) is 3.35. The van der Waals surface area contributed by atoms with Crippen molar-refractivity contribution in [3.63, 3.8) is 0 Å². The molecule has 0 aliphatic heterocycles. The Bertz CT molecular complexity index is 781. The highest BCUT2D eigenvalue weighted by atomic mass is 16.5. The highest BCUT2D eigenvalue weighted by Gasteiger charge is 2.13. The van der Waals surface area contributed by atoms with Crippen LogP contribution in [0.2, 0.25) is 0 Å². The zero-order valence-electron chi connectivity index (χ0n) is 12.6. The molecule has 0 unspecified atom stereocenters. The minimum absolute atomic E-state index is 0.545. The van der Waals surface area contributed by atoms with Crippen LogP contribution in [-0.4, -0.2) is 28.5 Å². The number of aromatic nitrogens is 3. The predicted octanol–water partition coefficient (Wildman–Crippen LogP) is 2.47. The van der Waals surface area contributed by atoms with Gasteiger partial charge in [-0.25, -0.2) is 9.67 Å². The quantitative estimate of drug-likeness (QED) is 0.783. The topological polar surface area (TPSA) is 75.2 Å². The van der Waals surface area contributed by atoms with E-state index < -0.39 is 0 Å². The highest BCUT2D eigenvalue weighted by Crippen LogP contribution is 2.26. The van der Waals surface area contributed by atoms with Gasteiger partial charge in [-0.2, -0.15) is 0 Å². The molecule has 0 aliphatic rings. The highest BCUT2D eigenvalue weighted by molar-refractivity contribution is 5.83. The number of ether oxygens (including phenoxy) is 2. The van der Waals surface area contributed by atoms with Crippen molar-refractivity contribution in [1.29, 1.82) is 0 Å². The summed E-state index contributed by atoms with van der Waals surface area (Å²) < 4.78 is 12.6. The standard InChI is InChI=1S/C16H18N4O2/c1-3-22-16-14-8-12(17)9-18-15(14)20(19-16)10-11-4-6-13(21-2)7-5-11/h4-9H,3,10,17H2,1-2H3. The van der Waals surface area contributed by atoms with E-state index in [0.29, 0.717) is 24.7 Å². The van der Waals surface area contributed by atoms with Crippen molar-refractivity contribution < 1.29 is 9.47 Å². The lowest BCUT2D eigenvalue weighted by Crippen LogP contribution is -2.03. The molecule has 6 nitrogen and oxygen atoms in total. The van der Waals surface area contributed by atoms with E-state index in [4.69, 9.17) is 15.2 Å². The first kappa shape index (κ1) is 14.2. The van der Waals surface area contributed by atoms with E-state index in [1.54, 1.807) is 13.3 Å². The molecule has 0 saturated heterocycles. The summed E-state index contributed by atoms with van der Waals surface area (Å²) in [6.07, 6.45) is 1.63. The number of hydrogen-bond acceptors (Lipinski definition) is 5. The number of fused-ring (bicyclic) bond motifs is 1. The number of methoxy groups -OCH3 is 1. The molecule has 0 atom stereocenters. The van der Waals surface area contributed by atoms with Gasteiger partial charge in [0, 0.05) is 0 Å². The van der Waals surface area contributed by atoms with Crippen molar-refractivity contribution in [3.05, 3.63) is 42.1 Å². The second-order valence-corrected chi connectivity index (χ2v) is 4.88. The average molecular weight is 298 g/mol. The van der Waals surface area contributed by atoms with Gasteiger partial charge in [0.1, 0.15) is 5.75 Å². The normalized spacial score (nSPS) is 10.8. The molecule has 2 heterocycles. The monoisotopic (exact) mass is 298 g/mol. The Morgan fingerprint density at radius 2 is 2.00 bits per heavy atom. The van der Waals surface area contributed by atoms with Crippen molar-refractivity contribution in [2.75, 3.05) is 19.5 Å². The van der Waals surface area contributed by atoms with E-state index in [9.17, 15) is 0 Å². The van der Waals surface area contributed by atoms with Crippen molar-refractivity contribution in [2.24, 2.45) is 0 Å². The molecule has 2 N–H and O–H groups in total. The number of rotatable bonds is 5. The van der Waals surface area contributed by atoms with Gasteiger partial charge in [0.2, 0.25) is 5.88 Å². The van der Waals surface area contributed by atoms with Crippen LogP contribution < -0.4 is 15.2 Å². The maximum Gasteiger partial charge on any atom is 0.242 e. The lowest BCUT2D eigenvalue weighted by atomic mass is 10.2. The van der Waals surface area contributed by atoms with Crippen molar-refractivity contribution in [2.45, 2.75) is 13.5 Å². The Morgan fingerprint density at radius 3 is 2.68 bits per heavy atom. The fourth-order valence-corrected chi connectivity index (χ4v) is 2.31. The molecule has 1 aromatic carbocycles. The molecular weight excluding hydrogens is 280 g/mol. The van der Waals surface area contributed by atoms with Crippen LogP contribution in [-0.2, 0) is 6.54 Å². The minimum atomic E-state index is 0.545. The molecule has 0 amide bonds. The average Bonchev–Trinajstić information content (AvgIpc) is 2.86. The molecule has 0 aliphatic carbocycles. The van der Waals surface area contributed by atoms with Crippen molar-refractivity contribution in [1.82, 2.24) is 14.8 Å². The first-order valence-electron chi connectivity index (χ1n) is 7.09. The van der Waals surface area contributed by atoms with Gasteiger partial charge in [-0.3, -0.25) is 0 Å². The number of pyridine rings is 1. The van der Waals surface area contributed by atoms with Gasteiger partial charge in [-0.05, 0) is 30.7 Å². The Kier molecular flexibility index (Phi) is 3.82. The smallest absolute Gasteiger partial charge is 0.242 e. The maximum absolute atomic E-state index is 5.81. The molecule has 0 saturated carbocycles. The number of benzene rings is 1. The molecule has 22 heavy (non-hydrogen) atoms. The molecular formula is C16H18N4O2. The lowest BCUT2D eigenvalue weighted by molar-refractivity contribution is 0.325. The number of nitrogens with two attached hydrogens (primary N) is 1. The van der Waals surface area contributed by atoms with Gasteiger partial charge in [0.05, 0.1) is 37.5 Å². The number of nitrogen functional groups attached to an aromatic ring is 1. The SMILES string of the molecule is CCOc1nn(Cc2ccc(OC)cc2)c2ncc(N)cc12. The van der Waals surface area contributed by atoms with E-state index >= 15 is 0 Å². The second kappa shape index (κ2) is 5.93. The van der Waals surface area contributed by atoms with Crippen LogP contribution in [0.5, 0.6) is 11.6 Å². The second-order valence-electron chi connectivity index (χ2n) is 4.88. The van der Waals surface area contributed by atoms with E-state index in [1.165, 1.54) is 0 Å². The molecule has 6 heteroatoms. The van der Waals surface area contributed by atoms with Crippen molar-refractivity contribution in [3.8, 4) is 11.6 Å². The summed E-state index contributed by atoms with van der Waals surface area (Å²) in [6.45, 7) is 3.07. The summed E-state index contributed by atoms with van der Waals surface area (Å²) in [4.78, 5) is 4.38. The van der Waals surface area contributed by atoms with E-state index in [1.807, 2.05) is 41.9 Å². The van der Waals surface area contributed by atoms with Gasteiger partial charge in [0.15, 0.2) is 5.65 Å². The van der Waals surface area contributed by atoms with Gasteiger partial charge >= 0.3 is 0 Å². The van der Waals surface area contributed by atoms with Gasteiger partial charge in [-0.1, -0.05) is 12.1 Å². The fraction of sp³-hybridized carbons (Fsp3) is 0.250. The van der Waals surface area contributed by atoms with Gasteiger partial charge in [0.25, 0.3) is 0 Å². The zero-order chi connectivity index (χ0) is 15.5. The summed E-state index contributed by atoms with van der Waals surface area (Å²) >= 11 is 0. The molecule has 114 valence electrons. The molecule has 3 rings (SSSR count). The first-order valence-corrected chi connectivity index (χ1v) is 7.09. The molecule has 2 aromatic heterocycles. The Morgan fingerprint density at radius 1 is 1.23 bits per heavy atom. The number of nitrogens with zero attached hydrogens (tertiary/aromatic N) is 3. The molecule has 0 bridgehead atoms. The first-order chi connectivity index (χ1) is 10.7. The Labute approximate surface area is 128 Å². The van der Waals surface area contributed by atoms with E-state index in [-0.39, 0.29) is 0 Å². The van der Waals surface area contributed by atoms with Crippen LogP contribution in [0.25, 0.3) is 11.0 Å². The summed E-state index contributed by atoms with van der Waals surface area (Å²) in [5.41, 5.74) is 8.27. The minimum Gasteiger partial charge on any atom is -0.497 e. The Balaban J connectivity index is 1.98. The van der Waals surface area contributed by atoms with Crippen LogP contribution >= 0.6 is 0 Å². The zero-order valence-corrected chi connectivity index (χ0v) is 12.6. The van der Waals surface area contributed by atoms with Gasteiger partial charge < -0.3 is 15.2 Å². The Hall–Kier alpha value is -2.76. The predicted molar refractivity (Wildman–Crippen MR) is 85.2 cm³/mol. The summed E-state index contributed by atoms with van der Waals surface area (Å²) in [7, 11) is 1.65. The van der Waals surface area contributed by atoms with Crippen LogP contribution in [0, 0.1) is 0 Å². The van der Waals surface area contributed by atoms with Crippen molar-refractivity contribution >= 4 is 16.7 Å². The third kappa shape index (κ3) is 2.67. The van der Waals surface area contributed by atoms with Gasteiger partial charge in [-0.15, -0.1) is 5.10 Å². The van der Waals surface area contributed by atoms with Crippen LogP contribution in [0.15, 0.2) is 36.5 Å². The van der Waals surface area contributed by atoms with E-state index in [2.05, 4.69) is 10.1 Å². The molecule has 0 fully saturated rings. The van der Waals surface area contributed by atoms with Crippen LogP contribution in [0.4, 0.5) is 5.69 Å². The summed E-state index contributed by atoms with van der Waals surface area (Å²) in [5, 5.41) is 5.33. The molecule has 0 spiro atoms. The summed E-state index contributed by atoms with van der Waals surface area (Å²) in [5.74, 6) is 1.39. The molecule has 0 radical (unpaired) electrons. The van der Waals surface area contributed by atoms with Crippen LogP contribution in [0.1, 0.15) is 12.5 Å².